The Bertz CT molecular complexity index is 377. The van der Waals surface area contributed by atoms with E-state index < -0.39 is 11.9 Å². The van der Waals surface area contributed by atoms with Gasteiger partial charge in [-0.05, 0) is 19.8 Å². The molecule has 0 radical (unpaired) electrons. The summed E-state index contributed by atoms with van der Waals surface area (Å²) < 4.78 is 0. The second-order valence-electron chi connectivity index (χ2n) is 5.46. The summed E-state index contributed by atoms with van der Waals surface area (Å²) in [5, 5.41) is 7.80. The zero-order valence-corrected chi connectivity index (χ0v) is 11.2. The van der Waals surface area contributed by atoms with Crippen LogP contribution in [0, 0.1) is 5.92 Å². The minimum absolute atomic E-state index is 0.102. The molecule has 1 heterocycles. The number of nitrogens with one attached hydrogen (secondary N) is 3. The summed E-state index contributed by atoms with van der Waals surface area (Å²) in [5.41, 5.74) is 0. The van der Waals surface area contributed by atoms with E-state index in [9.17, 15) is 14.4 Å². The second-order valence-corrected chi connectivity index (χ2v) is 5.46. The third-order valence-corrected chi connectivity index (χ3v) is 3.91. The first kappa shape index (κ1) is 13.8. The monoisotopic (exact) mass is 267 g/mol. The van der Waals surface area contributed by atoms with Crippen LogP contribution in [0.15, 0.2) is 0 Å². The molecule has 0 aromatic carbocycles. The Balaban J connectivity index is 1.83. The Labute approximate surface area is 112 Å². The van der Waals surface area contributed by atoms with Crippen molar-refractivity contribution < 1.29 is 14.4 Å². The molecule has 6 nitrogen and oxygen atoms in total. The quantitative estimate of drug-likeness (QED) is 0.702. The summed E-state index contributed by atoms with van der Waals surface area (Å²) in [6.45, 7) is 1.75. The smallest absolute Gasteiger partial charge is 0.321 e. The Kier molecular flexibility index (Phi) is 4.39. The van der Waals surface area contributed by atoms with Gasteiger partial charge in [0.25, 0.3) is 0 Å². The maximum absolute atomic E-state index is 11.9. The molecule has 1 aliphatic heterocycles. The molecule has 2 aliphatic rings. The average molecular weight is 267 g/mol. The van der Waals surface area contributed by atoms with E-state index in [1.54, 1.807) is 6.92 Å². The van der Waals surface area contributed by atoms with Gasteiger partial charge in [-0.15, -0.1) is 0 Å². The van der Waals surface area contributed by atoms with Crippen LogP contribution in [-0.4, -0.2) is 29.9 Å². The van der Waals surface area contributed by atoms with Gasteiger partial charge in [-0.3, -0.25) is 14.9 Å². The third-order valence-electron chi connectivity index (χ3n) is 3.91. The standard InChI is InChI=1S/C13H21N3O3/c1-8-10(12(18)16-13(19)14-8)7-11(17)15-9-5-3-2-4-6-9/h8-10H,2-7H2,1H3,(H,15,17)(H2,14,16,18,19). The number of carbonyl (C=O) groups is 3. The van der Waals surface area contributed by atoms with E-state index >= 15 is 0 Å². The fourth-order valence-electron chi connectivity index (χ4n) is 2.78. The van der Waals surface area contributed by atoms with E-state index in [0.29, 0.717) is 0 Å². The van der Waals surface area contributed by atoms with Gasteiger partial charge in [0, 0.05) is 18.5 Å². The van der Waals surface area contributed by atoms with Crippen LogP contribution < -0.4 is 16.0 Å². The van der Waals surface area contributed by atoms with Crippen molar-refractivity contribution in [1.29, 1.82) is 0 Å². The molecule has 2 rings (SSSR count). The van der Waals surface area contributed by atoms with Gasteiger partial charge in [0.1, 0.15) is 0 Å². The summed E-state index contributed by atoms with van der Waals surface area (Å²) in [7, 11) is 0. The maximum Gasteiger partial charge on any atom is 0.321 e. The predicted octanol–water partition coefficient (Wildman–Crippen LogP) is 0.669. The van der Waals surface area contributed by atoms with Crippen LogP contribution >= 0.6 is 0 Å². The van der Waals surface area contributed by atoms with Crippen molar-refractivity contribution in [2.45, 2.75) is 57.5 Å². The molecule has 1 aliphatic carbocycles. The molecule has 0 spiro atoms. The van der Waals surface area contributed by atoms with Gasteiger partial charge < -0.3 is 10.6 Å². The van der Waals surface area contributed by atoms with Crippen molar-refractivity contribution in [3.05, 3.63) is 0 Å². The van der Waals surface area contributed by atoms with E-state index in [-0.39, 0.29) is 30.3 Å². The van der Waals surface area contributed by atoms with E-state index in [1.807, 2.05) is 0 Å². The predicted molar refractivity (Wildman–Crippen MR) is 69.3 cm³/mol. The minimum Gasteiger partial charge on any atom is -0.353 e. The number of hydrogen-bond donors (Lipinski definition) is 3. The van der Waals surface area contributed by atoms with E-state index in [1.165, 1.54) is 6.42 Å². The molecule has 106 valence electrons. The van der Waals surface area contributed by atoms with Crippen molar-refractivity contribution in [2.24, 2.45) is 5.92 Å². The molecule has 19 heavy (non-hydrogen) atoms. The zero-order valence-electron chi connectivity index (χ0n) is 11.2. The van der Waals surface area contributed by atoms with Crippen molar-refractivity contribution in [1.82, 2.24) is 16.0 Å². The SMILES string of the molecule is CC1NC(=O)NC(=O)C1CC(=O)NC1CCCCC1. The highest BCUT2D eigenvalue weighted by Gasteiger charge is 2.34. The Morgan fingerprint density at radius 1 is 1.26 bits per heavy atom. The maximum atomic E-state index is 11.9. The molecule has 4 amide bonds. The first-order chi connectivity index (χ1) is 9.06. The summed E-state index contributed by atoms with van der Waals surface area (Å²) in [4.78, 5) is 34.7. The summed E-state index contributed by atoms with van der Waals surface area (Å²) in [6.07, 6.45) is 5.72. The molecule has 0 aromatic rings. The highest BCUT2D eigenvalue weighted by molar-refractivity contribution is 6.00. The number of amides is 4. The molecular formula is C13H21N3O3. The fourth-order valence-corrected chi connectivity index (χ4v) is 2.78. The van der Waals surface area contributed by atoms with Crippen LogP contribution in [0.2, 0.25) is 0 Å². The number of hydrogen-bond acceptors (Lipinski definition) is 3. The number of rotatable bonds is 3. The molecule has 6 heteroatoms. The van der Waals surface area contributed by atoms with Crippen molar-refractivity contribution in [3.8, 4) is 0 Å². The first-order valence-electron chi connectivity index (χ1n) is 6.97. The average Bonchev–Trinajstić information content (AvgIpc) is 2.35. The van der Waals surface area contributed by atoms with Crippen molar-refractivity contribution in [3.63, 3.8) is 0 Å². The van der Waals surface area contributed by atoms with Crippen molar-refractivity contribution in [2.75, 3.05) is 0 Å². The summed E-state index contributed by atoms with van der Waals surface area (Å²) in [6, 6.07) is -0.544. The van der Waals surface area contributed by atoms with Crippen LogP contribution in [0.25, 0.3) is 0 Å². The molecule has 1 saturated heterocycles. The van der Waals surface area contributed by atoms with Gasteiger partial charge in [0.15, 0.2) is 0 Å². The summed E-state index contributed by atoms with van der Waals surface area (Å²) in [5.74, 6) is -0.952. The minimum atomic E-state index is -0.485. The number of imide groups is 1. The van der Waals surface area contributed by atoms with Gasteiger partial charge in [-0.1, -0.05) is 19.3 Å². The van der Waals surface area contributed by atoms with Crippen LogP contribution in [0.4, 0.5) is 4.79 Å². The largest absolute Gasteiger partial charge is 0.353 e. The lowest BCUT2D eigenvalue weighted by Gasteiger charge is -2.29. The van der Waals surface area contributed by atoms with Gasteiger partial charge in [0.05, 0.1) is 5.92 Å². The lowest BCUT2D eigenvalue weighted by molar-refractivity contribution is -0.131. The Hall–Kier alpha value is -1.59. The molecule has 2 atom stereocenters. The van der Waals surface area contributed by atoms with Gasteiger partial charge in [-0.25, -0.2) is 4.79 Å². The highest BCUT2D eigenvalue weighted by atomic mass is 16.2. The first-order valence-corrected chi connectivity index (χ1v) is 6.97. The number of urea groups is 1. The summed E-state index contributed by atoms with van der Waals surface area (Å²) >= 11 is 0. The van der Waals surface area contributed by atoms with Gasteiger partial charge in [0.2, 0.25) is 11.8 Å². The van der Waals surface area contributed by atoms with Crippen LogP contribution in [0.1, 0.15) is 45.4 Å². The fraction of sp³-hybridized carbons (Fsp3) is 0.769. The normalized spacial score (nSPS) is 28.5. The van der Waals surface area contributed by atoms with Crippen LogP contribution in [0.3, 0.4) is 0 Å². The molecule has 2 unspecified atom stereocenters. The third kappa shape index (κ3) is 3.68. The Morgan fingerprint density at radius 3 is 2.58 bits per heavy atom. The molecule has 2 fully saturated rings. The molecule has 1 saturated carbocycles. The van der Waals surface area contributed by atoms with E-state index in [2.05, 4.69) is 16.0 Å². The van der Waals surface area contributed by atoms with E-state index in [4.69, 9.17) is 0 Å². The highest BCUT2D eigenvalue weighted by Crippen LogP contribution is 2.18. The molecular weight excluding hydrogens is 246 g/mol. The van der Waals surface area contributed by atoms with Gasteiger partial charge in [-0.2, -0.15) is 0 Å². The zero-order chi connectivity index (χ0) is 13.8. The molecule has 3 N–H and O–H groups in total. The Morgan fingerprint density at radius 2 is 1.95 bits per heavy atom. The van der Waals surface area contributed by atoms with Gasteiger partial charge >= 0.3 is 6.03 Å². The van der Waals surface area contributed by atoms with Crippen LogP contribution in [0.5, 0.6) is 0 Å². The van der Waals surface area contributed by atoms with E-state index in [0.717, 1.165) is 25.7 Å². The second kappa shape index (κ2) is 6.04. The topological polar surface area (TPSA) is 87.3 Å². The lowest BCUT2D eigenvalue weighted by atomic mass is 9.92. The van der Waals surface area contributed by atoms with Crippen LogP contribution in [-0.2, 0) is 9.59 Å². The number of carbonyl (C=O) groups excluding carboxylic acids is 3. The molecule has 0 aromatic heterocycles. The molecule has 0 bridgehead atoms. The lowest BCUT2D eigenvalue weighted by Crippen LogP contribution is -2.58. The van der Waals surface area contributed by atoms with Crippen molar-refractivity contribution >= 4 is 17.8 Å².